The number of nitrogens with one attached hydrogen (secondary N) is 3. The highest BCUT2D eigenvalue weighted by Gasteiger charge is 2.15. The van der Waals surface area contributed by atoms with Crippen molar-refractivity contribution < 1.29 is 4.39 Å². The zero-order chi connectivity index (χ0) is 24.6. The van der Waals surface area contributed by atoms with E-state index in [0.717, 1.165) is 79.7 Å². The van der Waals surface area contributed by atoms with Crippen LogP contribution in [0, 0.1) is 12.7 Å². The van der Waals surface area contributed by atoms with Crippen LogP contribution >= 0.6 is 0 Å². The number of H-pyrrole nitrogens is 2. The first-order valence-electron chi connectivity index (χ1n) is 12.0. The van der Waals surface area contributed by atoms with Crippen LogP contribution < -0.4 is 5.32 Å². The molecule has 36 heavy (non-hydrogen) atoms. The zero-order valence-electron chi connectivity index (χ0n) is 20.1. The van der Waals surface area contributed by atoms with Crippen LogP contribution in [0.2, 0.25) is 0 Å². The molecule has 6 rings (SSSR count). The van der Waals surface area contributed by atoms with Crippen LogP contribution in [0.1, 0.15) is 18.1 Å². The van der Waals surface area contributed by atoms with Gasteiger partial charge < -0.3 is 10.3 Å². The average molecular weight is 477 g/mol. The summed E-state index contributed by atoms with van der Waals surface area (Å²) < 4.78 is 14.1. The molecule has 0 spiro atoms. The van der Waals surface area contributed by atoms with Crippen molar-refractivity contribution in [2.75, 3.05) is 6.54 Å². The van der Waals surface area contributed by atoms with E-state index in [9.17, 15) is 4.39 Å². The molecule has 0 saturated carbocycles. The van der Waals surface area contributed by atoms with Crippen molar-refractivity contribution in [1.29, 1.82) is 0 Å². The second-order valence-corrected chi connectivity index (χ2v) is 9.04. The Kier molecular flexibility index (Phi) is 5.54. The lowest BCUT2D eigenvalue weighted by atomic mass is 10.0. The summed E-state index contributed by atoms with van der Waals surface area (Å²) in [6.07, 6.45) is 7.35. The molecule has 178 valence electrons. The van der Waals surface area contributed by atoms with Gasteiger partial charge in [-0.25, -0.2) is 4.39 Å². The van der Waals surface area contributed by atoms with Gasteiger partial charge in [0.25, 0.3) is 0 Å². The Balaban J connectivity index is 1.44. The fraction of sp³-hybridized carbons (Fsp3) is 0.138. The molecule has 0 unspecified atom stereocenters. The number of hydrogen-bond acceptors (Lipinski definition) is 4. The van der Waals surface area contributed by atoms with Crippen molar-refractivity contribution in [2.24, 2.45) is 0 Å². The molecule has 6 nitrogen and oxygen atoms in total. The van der Waals surface area contributed by atoms with E-state index < -0.39 is 0 Å². The summed E-state index contributed by atoms with van der Waals surface area (Å²) in [5.74, 6) is -0.257. The minimum atomic E-state index is -0.257. The molecule has 4 aromatic heterocycles. The lowest BCUT2D eigenvalue weighted by molar-refractivity contribution is 0.627. The fourth-order valence-corrected chi connectivity index (χ4v) is 4.71. The summed E-state index contributed by atoms with van der Waals surface area (Å²) in [5.41, 5.74) is 9.33. The number of aryl methyl sites for hydroxylation is 1. The summed E-state index contributed by atoms with van der Waals surface area (Å²) in [4.78, 5) is 12.3. The Bertz CT molecular complexity index is 1690. The van der Waals surface area contributed by atoms with E-state index in [1.54, 1.807) is 18.5 Å². The van der Waals surface area contributed by atoms with Gasteiger partial charge in [0.1, 0.15) is 11.5 Å². The largest absolute Gasteiger partial charge is 0.352 e. The summed E-state index contributed by atoms with van der Waals surface area (Å²) >= 11 is 0. The molecule has 0 fully saturated rings. The van der Waals surface area contributed by atoms with Gasteiger partial charge in [-0.3, -0.25) is 15.1 Å². The third-order valence-corrected chi connectivity index (χ3v) is 6.42. The number of aromatic amines is 2. The summed E-state index contributed by atoms with van der Waals surface area (Å²) in [6.45, 7) is 5.68. The Hall–Kier alpha value is -4.36. The molecule has 0 radical (unpaired) electrons. The van der Waals surface area contributed by atoms with Crippen LogP contribution in [-0.2, 0) is 6.54 Å². The second-order valence-electron chi connectivity index (χ2n) is 9.04. The number of halogens is 1. The van der Waals surface area contributed by atoms with Crippen LogP contribution in [0.3, 0.4) is 0 Å². The van der Waals surface area contributed by atoms with Gasteiger partial charge in [0.2, 0.25) is 0 Å². The number of pyridine rings is 2. The molecule has 0 aliphatic rings. The third-order valence-electron chi connectivity index (χ3n) is 6.42. The molecule has 0 aliphatic heterocycles. The molecular formula is C29H25FN6. The minimum absolute atomic E-state index is 0.257. The molecule has 4 heterocycles. The van der Waals surface area contributed by atoms with Crippen molar-refractivity contribution in [2.45, 2.75) is 20.4 Å². The predicted molar refractivity (Wildman–Crippen MR) is 142 cm³/mol. The highest BCUT2D eigenvalue weighted by Crippen LogP contribution is 2.35. The van der Waals surface area contributed by atoms with Crippen molar-refractivity contribution in [3.05, 3.63) is 90.3 Å². The predicted octanol–water partition coefficient (Wildman–Crippen LogP) is 6.39. The Morgan fingerprint density at radius 3 is 2.58 bits per heavy atom. The highest BCUT2D eigenvalue weighted by atomic mass is 19.1. The van der Waals surface area contributed by atoms with E-state index in [2.05, 4.69) is 61.7 Å². The minimum Gasteiger partial charge on any atom is -0.352 e. The Morgan fingerprint density at radius 1 is 0.833 bits per heavy atom. The van der Waals surface area contributed by atoms with E-state index in [1.807, 2.05) is 31.5 Å². The number of aromatic nitrogens is 5. The molecule has 0 saturated heterocycles. The molecule has 7 heteroatoms. The highest BCUT2D eigenvalue weighted by molar-refractivity contribution is 6.01. The van der Waals surface area contributed by atoms with Gasteiger partial charge in [-0.05, 0) is 72.1 Å². The van der Waals surface area contributed by atoms with Gasteiger partial charge in [-0.1, -0.05) is 19.1 Å². The first-order chi connectivity index (χ1) is 17.6. The monoisotopic (exact) mass is 476 g/mol. The van der Waals surface area contributed by atoms with E-state index in [4.69, 9.17) is 0 Å². The van der Waals surface area contributed by atoms with Crippen molar-refractivity contribution in [3.8, 4) is 33.6 Å². The Morgan fingerprint density at radius 2 is 1.72 bits per heavy atom. The summed E-state index contributed by atoms with van der Waals surface area (Å²) in [5, 5.41) is 13.1. The summed E-state index contributed by atoms with van der Waals surface area (Å²) in [6, 6.07) is 15.5. The van der Waals surface area contributed by atoms with Crippen LogP contribution in [-0.4, -0.2) is 31.7 Å². The molecule has 0 atom stereocenters. The number of hydrogen-bond donors (Lipinski definition) is 3. The maximum Gasteiger partial charge on any atom is 0.124 e. The zero-order valence-corrected chi connectivity index (χ0v) is 20.1. The van der Waals surface area contributed by atoms with Crippen molar-refractivity contribution in [3.63, 3.8) is 0 Å². The smallest absolute Gasteiger partial charge is 0.124 e. The van der Waals surface area contributed by atoms with Crippen LogP contribution in [0.25, 0.3) is 55.4 Å². The number of rotatable bonds is 6. The van der Waals surface area contributed by atoms with Gasteiger partial charge in [0, 0.05) is 47.0 Å². The van der Waals surface area contributed by atoms with Crippen LogP contribution in [0.15, 0.2) is 73.3 Å². The lowest BCUT2D eigenvalue weighted by Crippen LogP contribution is -2.11. The SMILES string of the molecule is CCNCc1cncc(-c2ccc3[nH]nc(-c4cc5c(-c6cc(C)cc(F)c6)cncc5[nH]4)c3c2)c1. The third kappa shape index (κ3) is 4.03. The van der Waals surface area contributed by atoms with Gasteiger partial charge in [0.15, 0.2) is 0 Å². The van der Waals surface area contributed by atoms with E-state index in [1.165, 1.54) is 6.07 Å². The van der Waals surface area contributed by atoms with Gasteiger partial charge in [-0.2, -0.15) is 5.10 Å². The molecular weight excluding hydrogens is 451 g/mol. The van der Waals surface area contributed by atoms with Gasteiger partial charge in [-0.15, -0.1) is 0 Å². The van der Waals surface area contributed by atoms with Crippen molar-refractivity contribution >= 4 is 21.8 Å². The first-order valence-corrected chi connectivity index (χ1v) is 12.0. The quantitative estimate of drug-likeness (QED) is 0.260. The second kappa shape index (κ2) is 9.02. The lowest BCUT2D eigenvalue weighted by Gasteiger charge is -2.06. The van der Waals surface area contributed by atoms with Gasteiger partial charge >= 0.3 is 0 Å². The molecule has 0 amide bonds. The number of benzene rings is 2. The fourth-order valence-electron chi connectivity index (χ4n) is 4.71. The van der Waals surface area contributed by atoms with E-state index in [0.29, 0.717) is 0 Å². The summed E-state index contributed by atoms with van der Waals surface area (Å²) in [7, 11) is 0. The molecule has 0 bridgehead atoms. The standard InChI is InChI=1S/C29H25FN6/c1-3-31-12-18-8-21(14-32-13-18)19-4-5-26-24(10-19)29(36-35-26)27-11-23-25(15-33-16-28(23)34-27)20-6-17(2)7-22(30)9-20/h4-11,13-16,31,34H,3,12H2,1-2H3,(H,35,36). The van der Waals surface area contributed by atoms with Crippen LogP contribution in [0.5, 0.6) is 0 Å². The van der Waals surface area contributed by atoms with Crippen molar-refractivity contribution in [1.82, 2.24) is 30.5 Å². The van der Waals surface area contributed by atoms with Crippen LogP contribution in [0.4, 0.5) is 4.39 Å². The van der Waals surface area contributed by atoms with E-state index in [-0.39, 0.29) is 5.82 Å². The molecule has 0 aliphatic carbocycles. The molecule has 3 N–H and O–H groups in total. The first kappa shape index (κ1) is 22.1. The van der Waals surface area contributed by atoms with E-state index >= 15 is 0 Å². The maximum atomic E-state index is 14.1. The maximum absolute atomic E-state index is 14.1. The number of nitrogens with zero attached hydrogens (tertiary/aromatic N) is 3. The normalized spacial score (nSPS) is 11.5. The Labute approximate surface area is 207 Å². The van der Waals surface area contributed by atoms with Gasteiger partial charge in [0.05, 0.1) is 22.9 Å². The molecule has 6 aromatic rings. The topological polar surface area (TPSA) is 82.3 Å². The average Bonchev–Trinajstić information content (AvgIpc) is 3.50. The molecule has 2 aromatic carbocycles. The number of fused-ring (bicyclic) bond motifs is 2.